The summed E-state index contributed by atoms with van der Waals surface area (Å²) in [5, 5.41) is 3.12. The molecule has 1 atom stereocenters. The summed E-state index contributed by atoms with van der Waals surface area (Å²) >= 11 is 8.03. The van der Waals surface area contributed by atoms with Gasteiger partial charge in [0, 0.05) is 16.9 Å². The largest absolute Gasteiger partial charge is 0.493 e. The van der Waals surface area contributed by atoms with E-state index in [-0.39, 0.29) is 33.8 Å². The van der Waals surface area contributed by atoms with Crippen LogP contribution in [0.5, 0.6) is 11.5 Å². The molecule has 2 amide bonds. The van der Waals surface area contributed by atoms with Crippen molar-refractivity contribution in [3.63, 3.8) is 0 Å². The number of halogens is 1. The summed E-state index contributed by atoms with van der Waals surface area (Å²) in [5.41, 5.74) is 5.43. The molecule has 1 saturated heterocycles. The maximum absolute atomic E-state index is 12.4. The molecular weight excluding hydrogens is 352 g/mol. The van der Waals surface area contributed by atoms with Crippen LogP contribution in [0.25, 0.3) is 0 Å². The molecule has 0 aromatic heterocycles. The van der Waals surface area contributed by atoms with Crippen LogP contribution in [0.1, 0.15) is 30.1 Å². The molecule has 1 heterocycles. The van der Waals surface area contributed by atoms with E-state index < -0.39 is 5.91 Å². The lowest BCUT2D eigenvalue weighted by atomic mass is 10.1. The second-order valence-corrected chi connectivity index (χ2v) is 7.92. The van der Waals surface area contributed by atoms with Crippen molar-refractivity contribution in [3.8, 4) is 11.5 Å². The number of primary amides is 1. The third-order valence-corrected chi connectivity index (χ3v) is 5.59. The molecule has 1 aliphatic rings. The lowest BCUT2D eigenvalue weighted by Crippen LogP contribution is -2.36. The molecule has 0 aliphatic carbocycles. The van der Waals surface area contributed by atoms with E-state index in [4.69, 9.17) is 26.8 Å². The lowest BCUT2D eigenvalue weighted by molar-refractivity contribution is -0.119. The van der Waals surface area contributed by atoms with Gasteiger partial charge in [0.05, 0.1) is 12.1 Å². The predicted molar refractivity (Wildman–Crippen MR) is 95.1 cm³/mol. The zero-order chi connectivity index (χ0) is 17.7. The second kappa shape index (κ2) is 7.98. The van der Waals surface area contributed by atoms with Crippen LogP contribution in [0.4, 0.5) is 0 Å². The number of ether oxygens (including phenoxy) is 2. The van der Waals surface area contributed by atoms with Crippen molar-refractivity contribution in [2.24, 2.45) is 5.73 Å². The highest BCUT2D eigenvalue weighted by Gasteiger charge is 2.30. The van der Waals surface area contributed by atoms with Crippen LogP contribution in [-0.2, 0) is 4.79 Å². The quantitative estimate of drug-likeness (QED) is 0.765. The highest BCUT2D eigenvalue weighted by atomic mass is 35.5. The van der Waals surface area contributed by atoms with Crippen LogP contribution in [-0.4, -0.2) is 42.6 Å². The van der Waals surface area contributed by atoms with Gasteiger partial charge in [0.2, 0.25) is 0 Å². The van der Waals surface area contributed by atoms with Gasteiger partial charge in [0.25, 0.3) is 11.8 Å². The fourth-order valence-corrected chi connectivity index (χ4v) is 3.99. The highest BCUT2D eigenvalue weighted by molar-refractivity contribution is 8.00. The summed E-state index contributed by atoms with van der Waals surface area (Å²) in [6.07, 6.45) is 2.25. The Balaban J connectivity index is 2.10. The smallest absolute Gasteiger partial charge is 0.255 e. The van der Waals surface area contributed by atoms with Crippen molar-refractivity contribution in [2.45, 2.75) is 24.5 Å². The standard InChI is InChI=1S/C16H21ClN2O4S/c1-16(4-3-5-24-16)9-19-15(21)10-6-11(17)14(12(7-10)22-2)23-8-13(18)20/h6-7H,3-5,8-9H2,1-2H3,(H2,18,20)(H,19,21). The van der Waals surface area contributed by atoms with E-state index >= 15 is 0 Å². The van der Waals surface area contributed by atoms with E-state index in [1.54, 1.807) is 0 Å². The Morgan fingerprint density at radius 3 is 2.79 bits per heavy atom. The van der Waals surface area contributed by atoms with E-state index in [0.29, 0.717) is 12.1 Å². The third kappa shape index (κ3) is 4.70. The first-order valence-electron chi connectivity index (χ1n) is 7.55. The molecule has 3 N–H and O–H groups in total. The zero-order valence-corrected chi connectivity index (χ0v) is 15.3. The van der Waals surface area contributed by atoms with Crippen LogP contribution in [0.2, 0.25) is 5.02 Å². The monoisotopic (exact) mass is 372 g/mol. The zero-order valence-electron chi connectivity index (χ0n) is 13.7. The number of hydrogen-bond acceptors (Lipinski definition) is 5. The van der Waals surface area contributed by atoms with Crippen molar-refractivity contribution in [3.05, 3.63) is 22.7 Å². The molecule has 0 bridgehead atoms. The summed E-state index contributed by atoms with van der Waals surface area (Å²) in [6, 6.07) is 3.02. The predicted octanol–water partition coefficient (Wildman–Crippen LogP) is 2.23. The van der Waals surface area contributed by atoms with E-state index in [1.807, 2.05) is 11.8 Å². The van der Waals surface area contributed by atoms with Crippen LogP contribution in [0, 0.1) is 0 Å². The first-order chi connectivity index (χ1) is 11.3. The molecule has 6 nitrogen and oxygen atoms in total. The lowest BCUT2D eigenvalue weighted by Gasteiger charge is -2.23. The number of rotatable bonds is 7. The van der Waals surface area contributed by atoms with Gasteiger partial charge in [-0.1, -0.05) is 11.6 Å². The van der Waals surface area contributed by atoms with Gasteiger partial charge in [-0.3, -0.25) is 9.59 Å². The molecule has 0 saturated carbocycles. The van der Waals surface area contributed by atoms with Gasteiger partial charge in [0.1, 0.15) is 0 Å². The average molecular weight is 373 g/mol. The molecule has 132 valence electrons. The minimum absolute atomic E-state index is 0.0775. The van der Waals surface area contributed by atoms with Gasteiger partial charge in [-0.15, -0.1) is 0 Å². The summed E-state index contributed by atoms with van der Waals surface area (Å²) in [5.74, 6) is 0.726. The Labute approximate surface area is 150 Å². The van der Waals surface area contributed by atoms with E-state index in [1.165, 1.54) is 25.7 Å². The molecule has 0 radical (unpaired) electrons. The molecule has 1 unspecified atom stereocenters. The number of carbonyl (C=O) groups is 2. The topological polar surface area (TPSA) is 90.7 Å². The maximum atomic E-state index is 12.4. The normalized spacial score (nSPS) is 19.8. The molecule has 8 heteroatoms. The third-order valence-electron chi connectivity index (χ3n) is 3.77. The van der Waals surface area contributed by atoms with Crippen molar-refractivity contribution >= 4 is 35.2 Å². The highest BCUT2D eigenvalue weighted by Crippen LogP contribution is 2.38. The first-order valence-corrected chi connectivity index (χ1v) is 8.92. The van der Waals surface area contributed by atoms with E-state index in [2.05, 4.69) is 12.2 Å². The van der Waals surface area contributed by atoms with E-state index in [9.17, 15) is 9.59 Å². The number of hydrogen-bond donors (Lipinski definition) is 2. The van der Waals surface area contributed by atoms with Gasteiger partial charge in [-0.05, 0) is 37.7 Å². The summed E-state index contributed by atoms with van der Waals surface area (Å²) in [4.78, 5) is 23.2. The Bertz CT molecular complexity index is 633. The molecule has 24 heavy (non-hydrogen) atoms. The van der Waals surface area contributed by atoms with Crippen LogP contribution >= 0.6 is 23.4 Å². The molecule has 1 aromatic rings. The van der Waals surface area contributed by atoms with Crippen molar-refractivity contribution in [1.82, 2.24) is 5.32 Å². The van der Waals surface area contributed by atoms with E-state index in [0.717, 1.165) is 12.2 Å². The SMILES string of the molecule is COc1cc(C(=O)NCC2(C)CCCS2)cc(Cl)c1OCC(N)=O. The fraction of sp³-hybridized carbons (Fsp3) is 0.500. The fourth-order valence-electron chi connectivity index (χ4n) is 2.48. The number of carbonyl (C=O) groups excluding carboxylic acids is 2. The molecule has 1 fully saturated rings. The molecule has 1 aromatic carbocycles. The Kier molecular flexibility index (Phi) is 6.23. The first kappa shape index (κ1) is 18.7. The molecular formula is C16H21ClN2O4S. The average Bonchev–Trinajstić information content (AvgIpc) is 2.97. The number of thioether (sulfide) groups is 1. The summed E-state index contributed by atoms with van der Waals surface area (Å²) in [7, 11) is 1.43. The minimum atomic E-state index is -0.628. The molecule has 1 aliphatic heterocycles. The number of nitrogens with one attached hydrogen (secondary N) is 1. The van der Waals surface area contributed by atoms with Gasteiger partial charge >= 0.3 is 0 Å². The van der Waals surface area contributed by atoms with Crippen molar-refractivity contribution in [2.75, 3.05) is 26.0 Å². The summed E-state index contributed by atoms with van der Waals surface area (Å²) in [6.45, 7) is 2.42. The van der Waals surface area contributed by atoms with Crippen LogP contribution in [0.15, 0.2) is 12.1 Å². The summed E-state index contributed by atoms with van der Waals surface area (Å²) < 4.78 is 10.5. The minimum Gasteiger partial charge on any atom is -0.493 e. The van der Waals surface area contributed by atoms with Crippen LogP contribution in [0.3, 0.4) is 0 Å². The molecule has 2 rings (SSSR count). The second-order valence-electron chi connectivity index (χ2n) is 5.83. The van der Waals surface area contributed by atoms with Gasteiger partial charge in [-0.25, -0.2) is 0 Å². The van der Waals surface area contributed by atoms with Crippen molar-refractivity contribution in [1.29, 1.82) is 0 Å². The number of amides is 2. The Morgan fingerprint density at radius 1 is 1.46 bits per heavy atom. The number of benzene rings is 1. The van der Waals surface area contributed by atoms with Gasteiger partial charge < -0.3 is 20.5 Å². The van der Waals surface area contributed by atoms with Gasteiger partial charge in [0.15, 0.2) is 18.1 Å². The maximum Gasteiger partial charge on any atom is 0.255 e. The Morgan fingerprint density at radius 2 is 2.21 bits per heavy atom. The van der Waals surface area contributed by atoms with Gasteiger partial charge in [-0.2, -0.15) is 11.8 Å². The number of nitrogens with two attached hydrogens (primary N) is 1. The Hall–Kier alpha value is -1.60. The van der Waals surface area contributed by atoms with Crippen LogP contribution < -0.4 is 20.5 Å². The van der Waals surface area contributed by atoms with Crippen molar-refractivity contribution < 1.29 is 19.1 Å². The number of methoxy groups -OCH3 is 1. The molecule has 0 spiro atoms.